The second kappa shape index (κ2) is 15.1. The zero-order chi connectivity index (χ0) is 12.6. The smallest absolute Gasteiger partial charge is 0.0561 e. The fraction of sp³-hybridized carbons (Fsp3) is 0.750. The van der Waals surface area contributed by atoms with Crippen LogP contribution in [0.2, 0.25) is 0 Å². The van der Waals surface area contributed by atoms with Gasteiger partial charge in [0.25, 0.3) is 0 Å². The van der Waals surface area contributed by atoms with Gasteiger partial charge in [-0.1, -0.05) is 70.1 Å². The van der Waals surface area contributed by atoms with Gasteiger partial charge in [-0.3, -0.25) is 0 Å². The molecule has 0 aliphatic heterocycles. The molecule has 0 aromatic carbocycles. The van der Waals surface area contributed by atoms with Gasteiger partial charge in [0, 0.05) is 6.42 Å². The molecule has 0 aliphatic rings. The molecular formula is C16H27N. The van der Waals surface area contributed by atoms with Gasteiger partial charge in [0.1, 0.15) is 0 Å². The van der Waals surface area contributed by atoms with E-state index in [0.29, 0.717) is 6.54 Å². The van der Waals surface area contributed by atoms with Crippen molar-refractivity contribution in [1.29, 1.82) is 0 Å². The highest BCUT2D eigenvalue weighted by Crippen LogP contribution is 2.09. The molecule has 2 N–H and O–H groups in total. The molecule has 0 saturated carbocycles. The quantitative estimate of drug-likeness (QED) is 0.475. The number of hydrogen-bond acceptors (Lipinski definition) is 1. The fourth-order valence-electron chi connectivity index (χ4n) is 1.73. The van der Waals surface area contributed by atoms with Crippen molar-refractivity contribution in [2.24, 2.45) is 5.73 Å². The highest BCUT2D eigenvalue weighted by molar-refractivity contribution is 5.25. The van der Waals surface area contributed by atoms with E-state index >= 15 is 0 Å². The first kappa shape index (κ1) is 16.1. The minimum absolute atomic E-state index is 0.409. The van der Waals surface area contributed by atoms with Gasteiger partial charge in [0.2, 0.25) is 0 Å². The topological polar surface area (TPSA) is 26.0 Å². The van der Waals surface area contributed by atoms with Crippen LogP contribution in [0.25, 0.3) is 0 Å². The molecular weight excluding hydrogens is 206 g/mol. The molecule has 0 rings (SSSR count). The molecule has 0 bridgehead atoms. The van der Waals surface area contributed by atoms with E-state index in [1.165, 1.54) is 57.8 Å². The van der Waals surface area contributed by atoms with Gasteiger partial charge in [0.15, 0.2) is 0 Å². The average molecular weight is 233 g/mol. The van der Waals surface area contributed by atoms with Gasteiger partial charge < -0.3 is 5.73 Å². The summed E-state index contributed by atoms with van der Waals surface area (Å²) < 4.78 is 0. The summed E-state index contributed by atoms with van der Waals surface area (Å²) in [7, 11) is 0. The van der Waals surface area contributed by atoms with Crippen LogP contribution in [0.1, 0.15) is 71.1 Å². The predicted molar refractivity (Wildman–Crippen MR) is 76.5 cm³/mol. The Hall–Kier alpha value is -0.920. The summed E-state index contributed by atoms with van der Waals surface area (Å²) >= 11 is 0. The van der Waals surface area contributed by atoms with Crippen molar-refractivity contribution < 1.29 is 0 Å². The first-order valence-corrected chi connectivity index (χ1v) is 7.07. The monoisotopic (exact) mass is 233 g/mol. The Labute approximate surface area is 108 Å². The Kier molecular flexibility index (Phi) is 14.3. The summed E-state index contributed by atoms with van der Waals surface area (Å²) in [6, 6.07) is 0. The van der Waals surface area contributed by atoms with Crippen molar-refractivity contribution >= 4 is 0 Å². The molecule has 0 amide bonds. The van der Waals surface area contributed by atoms with E-state index in [9.17, 15) is 0 Å². The minimum Gasteiger partial charge on any atom is -0.320 e. The van der Waals surface area contributed by atoms with Gasteiger partial charge >= 0.3 is 0 Å². The van der Waals surface area contributed by atoms with E-state index in [0.717, 1.165) is 6.42 Å². The van der Waals surface area contributed by atoms with Crippen molar-refractivity contribution in [2.75, 3.05) is 6.54 Å². The second-order valence-electron chi connectivity index (χ2n) is 4.39. The molecule has 0 radical (unpaired) electrons. The van der Waals surface area contributed by atoms with Gasteiger partial charge in [-0.25, -0.2) is 0 Å². The van der Waals surface area contributed by atoms with E-state index < -0.39 is 0 Å². The van der Waals surface area contributed by atoms with Gasteiger partial charge in [-0.05, 0) is 18.3 Å². The Bertz CT molecular complexity index is 259. The van der Waals surface area contributed by atoms with Crippen LogP contribution < -0.4 is 5.73 Å². The second-order valence-corrected chi connectivity index (χ2v) is 4.39. The molecule has 1 heteroatoms. The van der Waals surface area contributed by atoms with E-state index in [4.69, 9.17) is 5.73 Å². The van der Waals surface area contributed by atoms with Crippen LogP contribution in [0.15, 0.2) is 0 Å². The zero-order valence-corrected chi connectivity index (χ0v) is 11.4. The Morgan fingerprint density at radius 2 is 1.24 bits per heavy atom. The van der Waals surface area contributed by atoms with Gasteiger partial charge in [-0.2, -0.15) is 0 Å². The van der Waals surface area contributed by atoms with Crippen LogP contribution in [0.3, 0.4) is 0 Å². The maximum Gasteiger partial charge on any atom is 0.0561 e. The lowest BCUT2D eigenvalue weighted by Crippen LogP contribution is -1.92. The maximum absolute atomic E-state index is 5.23. The highest BCUT2D eigenvalue weighted by atomic mass is 14.5. The first-order valence-electron chi connectivity index (χ1n) is 7.07. The Balaban J connectivity index is 3.10. The number of rotatable bonds is 9. The van der Waals surface area contributed by atoms with Crippen LogP contribution in [-0.4, -0.2) is 6.54 Å². The highest BCUT2D eigenvalue weighted by Gasteiger charge is 1.90. The summed E-state index contributed by atoms with van der Waals surface area (Å²) in [6.45, 7) is 2.67. The number of nitrogens with two attached hydrogens (primary N) is 1. The van der Waals surface area contributed by atoms with Crippen molar-refractivity contribution in [3.8, 4) is 23.7 Å². The van der Waals surface area contributed by atoms with Crippen molar-refractivity contribution in [1.82, 2.24) is 0 Å². The zero-order valence-electron chi connectivity index (χ0n) is 11.4. The third-order valence-electron chi connectivity index (χ3n) is 2.75. The van der Waals surface area contributed by atoms with Crippen molar-refractivity contribution in [3.05, 3.63) is 0 Å². The molecule has 0 atom stereocenters. The van der Waals surface area contributed by atoms with Crippen LogP contribution in [0.5, 0.6) is 0 Å². The fourth-order valence-corrected chi connectivity index (χ4v) is 1.73. The van der Waals surface area contributed by atoms with Gasteiger partial charge in [0.05, 0.1) is 6.54 Å². The molecule has 0 saturated heterocycles. The third kappa shape index (κ3) is 15.1. The Morgan fingerprint density at radius 1 is 0.706 bits per heavy atom. The molecule has 0 heterocycles. The van der Waals surface area contributed by atoms with Crippen molar-refractivity contribution in [3.63, 3.8) is 0 Å². The lowest BCUT2D eigenvalue weighted by molar-refractivity contribution is 0.567. The third-order valence-corrected chi connectivity index (χ3v) is 2.75. The molecule has 0 fully saturated rings. The molecule has 0 spiro atoms. The van der Waals surface area contributed by atoms with Gasteiger partial charge in [-0.15, -0.1) is 0 Å². The normalized spacial score (nSPS) is 9.06. The lowest BCUT2D eigenvalue weighted by Gasteiger charge is -1.99. The molecule has 0 unspecified atom stereocenters. The summed E-state index contributed by atoms with van der Waals surface area (Å²) in [4.78, 5) is 0. The molecule has 1 nitrogen and oxygen atoms in total. The van der Waals surface area contributed by atoms with E-state index in [-0.39, 0.29) is 0 Å². The van der Waals surface area contributed by atoms with Crippen LogP contribution in [-0.2, 0) is 0 Å². The molecule has 0 aromatic rings. The minimum atomic E-state index is 0.409. The average Bonchev–Trinajstić information content (AvgIpc) is 2.35. The molecule has 17 heavy (non-hydrogen) atoms. The largest absolute Gasteiger partial charge is 0.320 e. The number of unbranched alkanes of at least 4 members (excludes halogenated alkanes) is 9. The summed E-state index contributed by atoms with van der Waals surface area (Å²) in [5.74, 6) is 11.3. The predicted octanol–water partition coefficient (Wildman–Crippen LogP) is 3.87. The Morgan fingerprint density at radius 3 is 1.82 bits per heavy atom. The van der Waals surface area contributed by atoms with E-state index in [1.807, 2.05) is 0 Å². The maximum atomic E-state index is 5.23. The number of hydrogen-bond donors (Lipinski definition) is 1. The standard InChI is InChI=1S/C16H27N/c1-2-3-4-5-6-7-8-9-10-11-12-13-14-15-16-17/h2-11,16-17H2,1H3. The molecule has 0 aromatic heterocycles. The van der Waals surface area contributed by atoms with Crippen LogP contribution >= 0.6 is 0 Å². The molecule has 0 aliphatic carbocycles. The summed E-state index contributed by atoms with van der Waals surface area (Å²) in [6.07, 6.45) is 13.3. The first-order chi connectivity index (χ1) is 8.41. The summed E-state index contributed by atoms with van der Waals surface area (Å²) in [5.41, 5.74) is 5.23. The van der Waals surface area contributed by atoms with Crippen molar-refractivity contribution in [2.45, 2.75) is 71.1 Å². The van der Waals surface area contributed by atoms with Crippen LogP contribution in [0, 0.1) is 23.7 Å². The van der Waals surface area contributed by atoms with E-state index in [1.54, 1.807) is 0 Å². The lowest BCUT2D eigenvalue weighted by atomic mass is 10.1. The summed E-state index contributed by atoms with van der Waals surface area (Å²) in [5, 5.41) is 0. The van der Waals surface area contributed by atoms with Crippen LogP contribution in [0.4, 0.5) is 0 Å². The molecule has 96 valence electrons. The SMILES string of the molecule is CCCCCCCCCCCC#CC#CCN. The van der Waals surface area contributed by atoms with E-state index in [2.05, 4.69) is 30.6 Å².